The summed E-state index contributed by atoms with van der Waals surface area (Å²) >= 11 is 0. The number of ether oxygens (including phenoxy) is 1. The Kier molecular flexibility index (Phi) is 3.91. The number of piperazine rings is 1. The molecule has 2 amide bonds. The third-order valence-corrected chi connectivity index (χ3v) is 6.19. The summed E-state index contributed by atoms with van der Waals surface area (Å²) in [5.74, 6) is 0.731. The fraction of sp³-hybridized carbons (Fsp3) is 0.304. The van der Waals surface area contributed by atoms with Crippen molar-refractivity contribution in [3.63, 3.8) is 0 Å². The van der Waals surface area contributed by atoms with Gasteiger partial charge in [0, 0.05) is 28.7 Å². The Morgan fingerprint density at radius 2 is 1.86 bits per heavy atom. The Morgan fingerprint density at radius 1 is 1.10 bits per heavy atom. The minimum atomic E-state index is -0.495. The predicted molar refractivity (Wildman–Crippen MR) is 111 cm³/mol. The molecule has 0 bridgehead atoms. The Balaban J connectivity index is 1.58. The highest BCUT2D eigenvalue weighted by molar-refractivity contribution is 6.07. The van der Waals surface area contributed by atoms with E-state index in [1.54, 1.807) is 16.9 Å². The molecule has 0 saturated carbocycles. The summed E-state index contributed by atoms with van der Waals surface area (Å²) in [5.41, 5.74) is 4.99. The summed E-state index contributed by atoms with van der Waals surface area (Å²) in [6.07, 6.45) is 0.500. The number of aryl methyl sites for hydroxylation is 1. The van der Waals surface area contributed by atoms with Gasteiger partial charge in [0.05, 0.1) is 13.2 Å². The lowest BCUT2D eigenvalue weighted by Gasteiger charge is -2.45. The first-order chi connectivity index (χ1) is 14.0. The molecule has 0 spiro atoms. The second kappa shape index (κ2) is 6.37. The van der Waals surface area contributed by atoms with Gasteiger partial charge in [-0.1, -0.05) is 17.7 Å². The smallest absolute Gasteiger partial charge is 0.250 e. The third kappa shape index (κ3) is 2.63. The SMILES string of the molecule is COc1ccc2[nH]c3c(c2c1)CC1C(=O)N(c2ccc(C)cc2)CC(=O)N1C3C. The van der Waals surface area contributed by atoms with Gasteiger partial charge in [0.25, 0.3) is 5.91 Å². The van der Waals surface area contributed by atoms with Gasteiger partial charge in [-0.3, -0.25) is 9.59 Å². The quantitative estimate of drug-likeness (QED) is 0.731. The molecule has 1 fully saturated rings. The van der Waals surface area contributed by atoms with Gasteiger partial charge in [0.2, 0.25) is 5.91 Å². The van der Waals surface area contributed by atoms with Crippen LogP contribution in [0.2, 0.25) is 0 Å². The minimum absolute atomic E-state index is 0.0236. The van der Waals surface area contributed by atoms with Crippen molar-refractivity contribution in [3.05, 3.63) is 59.3 Å². The van der Waals surface area contributed by atoms with Crippen molar-refractivity contribution in [2.75, 3.05) is 18.6 Å². The van der Waals surface area contributed by atoms with Crippen LogP contribution in [0.5, 0.6) is 5.75 Å². The number of H-pyrrole nitrogens is 1. The maximum atomic E-state index is 13.4. The van der Waals surface area contributed by atoms with Crippen LogP contribution in [0, 0.1) is 6.92 Å². The number of nitrogens with zero attached hydrogens (tertiary/aromatic N) is 2. The molecule has 6 heteroatoms. The molecular weight excluding hydrogens is 366 g/mol. The molecule has 0 radical (unpaired) electrons. The molecule has 1 saturated heterocycles. The first kappa shape index (κ1) is 17.8. The summed E-state index contributed by atoms with van der Waals surface area (Å²) < 4.78 is 5.39. The largest absolute Gasteiger partial charge is 0.497 e. The van der Waals surface area contributed by atoms with Crippen LogP contribution >= 0.6 is 0 Å². The monoisotopic (exact) mass is 389 g/mol. The molecule has 2 atom stereocenters. The van der Waals surface area contributed by atoms with Crippen LogP contribution in [-0.2, 0) is 16.0 Å². The number of anilines is 1. The fourth-order valence-electron chi connectivity index (χ4n) is 4.67. The Labute approximate surface area is 169 Å². The van der Waals surface area contributed by atoms with Crippen LogP contribution in [0.3, 0.4) is 0 Å². The molecule has 2 aliphatic heterocycles. The van der Waals surface area contributed by atoms with Crippen molar-refractivity contribution in [2.45, 2.75) is 32.4 Å². The van der Waals surface area contributed by atoms with Gasteiger partial charge in [0.1, 0.15) is 18.3 Å². The van der Waals surface area contributed by atoms with Crippen molar-refractivity contribution in [1.82, 2.24) is 9.88 Å². The highest BCUT2D eigenvalue weighted by Crippen LogP contribution is 2.40. The van der Waals surface area contributed by atoms with E-state index in [1.165, 1.54) is 0 Å². The zero-order valence-corrected chi connectivity index (χ0v) is 16.7. The van der Waals surface area contributed by atoms with E-state index in [1.807, 2.05) is 56.3 Å². The highest BCUT2D eigenvalue weighted by atomic mass is 16.5. The molecule has 3 heterocycles. The van der Waals surface area contributed by atoms with Gasteiger partial charge in [-0.25, -0.2) is 0 Å². The summed E-state index contributed by atoms with van der Waals surface area (Å²) in [5, 5.41) is 1.05. The van der Waals surface area contributed by atoms with E-state index in [2.05, 4.69) is 4.98 Å². The van der Waals surface area contributed by atoms with Crippen molar-refractivity contribution < 1.29 is 14.3 Å². The summed E-state index contributed by atoms with van der Waals surface area (Å²) in [6.45, 7) is 4.07. The van der Waals surface area contributed by atoms with Crippen LogP contribution in [0.15, 0.2) is 42.5 Å². The molecule has 29 heavy (non-hydrogen) atoms. The summed E-state index contributed by atoms with van der Waals surface area (Å²) in [4.78, 5) is 33.3. The number of fused-ring (bicyclic) bond motifs is 4. The lowest BCUT2D eigenvalue weighted by molar-refractivity contribution is -0.146. The molecule has 2 unspecified atom stereocenters. The first-order valence-electron chi connectivity index (χ1n) is 9.85. The van der Waals surface area contributed by atoms with Gasteiger partial charge in [-0.2, -0.15) is 0 Å². The van der Waals surface area contributed by atoms with Crippen LogP contribution in [0.1, 0.15) is 29.8 Å². The normalized spacial score (nSPS) is 21.3. The number of hydrogen-bond acceptors (Lipinski definition) is 3. The number of nitrogens with one attached hydrogen (secondary N) is 1. The minimum Gasteiger partial charge on any atom is -0.497 e. The Morgan fingerprint density at radius 3 is 2.59 bits per heavy atom. The lowest BCUT2D eigenvalue weighted by atomic mass is 9.89. The van der Waals surface area contributed by atoms with E-state index in [0.717, 1.165) is 39.2 Å². The molecule has 3 aromatic rings. The number of aromatic amines is 1. The van der Waals surface area contributed by atoms with Crippen molar-refractivity contribution in [2.24, 2.45) is 0 Å². The average Bonchev–Trinajstić information content (AvgIpc) is 3.09. The number of hydrogen-bond donors (Lipinski definition) is 1. The zero-order chi connectivity index (χ0) is 20.3. The average molecular weight is 389 g/mol. The maximum Gasteiger partial charge on any atom is 0.250 e. The number of aromatic nitrogens is 1. The lowest BCUT2D eigenvalue weighted by Crippen LogP contribution is -2.62. The standard InChI is InChI=1S/C23H23N3O3/c1-13-4-6-15(7-5-13)25-12-21(27)26-14(2)22-18(11-20(26)23(25)28)17-10-16(29-3)8-9-19(17)24-22/h4-10,14,20,24H,11-12H2,1-3H3. The van der Waals surface area contributed by atoms with E-state index in [0.29, 0.717) is 6.42 Å². The Bertz CT molecular complexity index is 1130. The van der Waals surface area contributed by atoms with E-state index in [-0.39, 0.29) is 24.4 Å². The molecule has 2 aliphatic rings. The number of amides is 2. The Hall–Kier alpha value is -3.28. The van der Waals surface area contributed by atoms with Gasteiger partial charge < -0.3 is 19.5 Å². The van der Waals surface area contributed by atoms with Crippen LogP contribution in [-0.4, -0.2) is 41.4 Å². The van der Waals surface area contributed by atoms with E-state index in [9.17, 15) is 9.59 Å². The number of methoxy groups -OCH3 is 1. The molecule has 6 nitrogen and oxygen atoms in total. The van der Waals surface area contributed by atoms with E-state index >= 15 is 0 Å². The third-order valence-electron chi connectivity index (χ3n) is 6.19. The maximum absolute atomic E-state index is 13.4. The molecule has 1 N–H and O–H groups in total. The van der Waals surface area contributed by atoms with Crippen LogP contribution in [0.25, 0.3) is 10.9 Å². The number of carbonyl (C=O) groups is 2. The molecule has 0 aliphatic carbocycles. The number of carbonyl (C=O) groups excluding carboxylic acids is 2. The van der Waals surface area contributed by atoms with Gasteiger partial charge >= 0.3 is 0 Å². The van der Waals surface area contributed by atoms with Crippen molar-refractivity contribution in [1.29, 1.82) is 0 Å². The molecule has 1 aromatic heterocycles. The van der Waals surface area contributed by atoms with Gasteiger partial charge in [-0.15, -0.1) is 0 Å². The van der Waals surface area contributed by atoms with Gasteiger partial charge in [0.15, 0.2) is 0 Å². The summed E-state index contributed by atoms with van der Waals surface area (Å²) in [6, 6.07) is 13.0. The fourth-order valence-corrected chi connectivity index (χ4v) is 4.67. The highest BCUT2D eigenvalue weighted by Gasteiger charge is 2.46. The molecule has 148 valence electrons. The second-order valence-electron chi connectivity index (χ2n) is 7.89. The zero-order valence-electron chi connectivity index (χ0n) is 16.7. The van der Waals surface area contributed by atoms with E-state index in [4.69, 9.17) is 4.74 Å². The first-order valence-corrected chi connectivity index (χ1v) is 9.85. The predicted octanol–water partition coefficient (Wildman–Crippen LogP) is 3.35. The van der Waals surface area contributed by atoms with Crippen LogP contribution < -0.4 is 9.64 Å². The molecule has 5 rings (SSSR count). The van der Waals surface area contributed by atoms with Crippen molar-refractivity contribution in [3.8, 4) is 5.75 Å². The number of benzene rings is 2. The molecular formula is C23H23N3O3. The summed E-state index contributed by atoms with van der Waals surface area (Å²) in [7, 11) is 1.65. The second-order valence-corrected chi connectivity index (χ2v) is 7.89. The van der Waals surface area contributed by atoms with Crippen LogP contribution in [0.4, 0.5) is 5.69 Å². The number of rotatable bonds is 2. The molecule has 2 aromatic carbocycles. The topological polar surface area (TPSA) is 65.6 Å². The van der Waals surface area contributed by atoms with E-state index < -0.39 is 6.04 Å². The van der Waals surface area contributed by atoms with Crippen molar-refractivity contribution >= 4 is 28.4 Å². The van der Waals surface area contributed by atoms with Gasteiger partial charge in [-0.05, 0) is 49.7 Å².